The molecule has 0 radical (unpaired) electrons. The quantitative estimate of drug-likeness (QED) is 0.895. The zero-order valence-corrected chi connectivity index (χ0v) is 10.8. The Bertz CT molecular complexity index is 398. The van der Waals surface area contributed by atoms with Crippen LogP contribution >= 0.6 is 11.6 Å². The van der Waals surface area contributed by atoms with Gasteiger partial charge in [-0.15, -0.1) is 0 Å². The van der Waals surface area contributed by atoms with Crippen LogP contribution in [-0.4, -0.2) is 23.8 Å². The molecule has 0 aromatic carbocycles. The molecule has 3 nitrogen and oxygen atoms in total. The first kappa shape index (κ1) is 15.0. The number of ether oxygens (including phenoxy) is 1. The van der Waals surface area contributed by atoms with Gasteiger partial charge < -0.3 is 10.1 Å². The number of nitrogens with one attached hydrogen (secondary N) is 1. The average Bonchev–Trinajstić information content (AvgIpc) is 2.28. The third-order valence-corrected chi connectivity index (χ3v) is 2.55. The molecule has 0 saturated heterocycles. The second-order valence-corrected chi connectivity index (χ2v) is 4.06. The van der Waals surface area contributed by atoms with Gasteiger partial charge in [-0.3, -0.25) is 0 Å². The number of nitrogens with zero attached hydrogens (tertiary/aromatic N) is 1. The van der Waals surface area contributed by atoms with E-state index >= 15 is 0 Å². The fraction of sp³-hybridized carbons (Fsp3) is 0.545. The van der Waals surface area contributed by atoms with Crippen LogP contribution in [0.5, 0.6) is 0 Å². The Morgan fingerprint density at radius 3 is 2.67 bits per heavy atom. The summed E-state index contributed by atoms with van der Waals surface area (Å²) in [6, 6.07) is 3.23. The largest absolute Gasteiger partial charge is 0.414 e. The first-order valence-corrected chi connectivity index (χ1v) is 5.80. The van der Waals surface area contributed by atoms with Crippen LogP contribution in [0.2, 0.25) is 5.02 Å². The molecule has 1 aromatic rings. The SMILES string of the molecule is CCNc1ccc(Cl)c(COC(C)C(F)(F)F)n1. The van der Waals surface area contributed by atoms with Gasteiger partial charge in [0.25, 0.3) is 0 Å². The van der Waals surface area contributed by atoms with Gasteiger partial charge in [-0.1, -0.05) is 11.6 Å². The molecule has 0 aliphatic carbocycles. The van der Waals surface area contributed by atoms with E-state index in [1.54, 1.807) is 12.1 Å². The molecule has 0 saturated carbocycles. The molecule has 1 aromatic heterocycles. The highest BCUT2D eigenvalue weighted by Gasteiger charge is 2.37. The van der Waals surface area contributed by atoms with E-state index in [9.17, 15) is 13.2 Å². The topological polar surface area (TPSA) is 34.1 Å². The van der Waals surface area contributed by atoms with Crippen LogP contribution < -0.4 is 5.32 Å². The van der Waals surface area contributed by atoms with E-state index in [0.29, 0.717) is 12.4 Å². The summed E-state index contributed by atoms with van der Waals surface area (Å²) in [5.74, 6) is 0.556. The molecular formula is C11H14ClF3N2O. The first-order chi connectivity index (χ1) is 8.34. The molecule has 0 bridgehead atoms. The second kappa shape index (κ2) is 6.24. The summed E-state index contributed by atoms with van der Waals surface area (Å²) in [6.45, 7) is 3.22. The van der Waals surface area contributed by atoms with Gasteiger partial charge in [0, 0.05) is 6.54 Å². The molecular weight excluding hydrogens is 269 g/mol. The summed E-state index contributed by atoms with van der Waals surface area (Å²) in [4.78, 5) is 4.08. The van der Waals surface area contributed by atoms with Crippen molar-refractivity contribution in [2.24, 2.45) is 0 Å². The van der Waals surface area contributed by atoms with Gasteiger partial charge in [-0.25, -0.2) is 4.98 Å². The number of pyridine rings is 1. The highest BCUT2D eigenvalue weighted by Crippen LogP contribution is 2.24. The van der Waals surface area contributed by atoms with Crippen LogP contribution in [0.4, 0.5) is 19.0 Å². The van der Waals surface area contributed by atoms with Crippen LogP contribution in [0.15, 0.2) is 12.1 Å². The maximum Gasteiger partial charge on any atom is 0.414 e. The lowest BCUT2D eigenvalue weighted by Crippen LogP contribution is -2.28. The molecule has 0 fully saturated rings. The van der Waals surface area contributed by atoms with E-state index in [1.807, 2.05) is 6.92 Å². The molecule has 0 aliphatic rings. The molecule has 1 heterocycles. The van der Waals surface area contributed by atoms with Crippen molar-refractivity contribution < 1.29 is 17.9 Å². The second-order valence-electron chi connectivity index (χ2n) is 3.65. The molecule has 1 rings (SSSR count). The molecule has 18 heavy (non-hydrogen) atoms. The van der Waals surface area contributed by atoms with Crippen molar-refractivity contribution in [1.29, 1.82) is 0 Å². The maximum absolute atomic E-state index is 12.3. The summed E-state index contributed by atoms with van der Waals surface area (Å²) >= 11 is 5.84. The smallest absolute Gasteiger partial charge is 0.370 e. The third kappa shape index (κ3) is 4.34. The number of hydrogen-bond acceptors (Lipinski definition) is 3. The Hall–Kier alpha value is -1.01. The molecule has 1 atom stereocenters. The number of rotatable bonds is 5. The van der Waals surface area contributed by atoms with Crippen molar-refractivity contribution in [3.8, 4) is 0 Å². The average molecular weight is 283 g/mol. The summed E-state index contributed by atoms with van der Waals surface area (Å²) < 4.78 is 41.5. The number of anilines is 1. The van der Waals surface area contributed by atoms with Crippen LogP contribution in [0.1, 0.15) is 19.5 Å². The Kier molecular flexibility index (Phi) is 5.22. The van der Waals surface area contributed by atoms with Crippen molar-refractivity contribution in [2.75, 3.05) is 11.9 Å². The minimum absolute atomic E-state index is 0.279. The van der Waals surface area contributed by atoms with E-state index in [0.717, 1.165) is 6.92 Å². The number of alkyl halides is 3. The molecule has 0 aliphatic heterocycles. The van der Waals surface area contributed by atoms with Crippen LogP contribution in [0.3, 0.4) is 0 Å². The Morgan fingerprint density at radius 2 is 2.11 bits per heavy atom. The molecule has 1 N–H and O–H groups in total. The standard InChI is InChI=1S/C11H14ClF3N2O/c1-3-16-10-5-4-8(12)9(17-10)6-18-7(2)11(13,14)15/h4-5,7H,3,6H2,1-2H3,(H,16,17). The Morgan fingerprint density at radius 1 is 1.44 bits per heavy atom. The van der Waals surface area contributed by atoms with Crippen molar-refractivity contribution in [3.63, 3.8) is 0 Å². The summed E-state index contributed by atoms with van der Waals surface area (Å²) in [6.07, 6.45) is -6.23. The van der Waals surface area contributed by atoms with Gasteiger partial charge in [-0.05, 0) is 26.0 Å². The highest BCUT2D eigenvalue weighted by molar-refractivity contribution is 6.31. The fourth-order valence-corrected chi connectivity index (χ4v) is 1.32. The summed E-state index contributed by atoms with van der Waals surface area (Å²) in [5, 5.41) is 3.23. The van der Waals surface area contributed by atoms with E-state index in [-0.39, 0.29) is 17.3 Å². The molecule has 0 spiro atoms. The predicted octanol–water partition coefficient (Wildman–Crippen LogP) is 3.63. The molecule has 1 unspecified atom stereocenters. The van der Waals surface area contributed by atoms with Gasteiger partial charge in [0.05, 0.1) is 17.3 Å². The third-order valence-electron chi connectivity index (χ3n) is 2.21. The lowest BCUT2D eigenvalue weighted by molar-refractivity contribution is -0.217. The van der Waals surface area contributed by atoms with Gasteiger partial charge in [0.15, 0.2) is 6.10 Å². The normalized spacial score (nSPS) is 13.4. The first-order valence-electron chi connectivity index (χ1n) is 5.42. The lowest BCUT2D eigenvalue weighted by atomic mass is 10.3. The maximum atomic E-state index is 12.3. The van der Waals surface area contributed by atoms with Gasteiger partial charge in [0.1, 0.15) is 5.82 Å². The van der Waals surface area contributed by atoms with Crippen LogP contribution in [0, 0.1) is 0 Å². The molecule has 102 valence electrons. The number of hydrogen-bond donors (Lipinski definition) is 1. The van der Waals surface area contributed by atoms with Gasteiger partial charge in [-0.2, -0.15) is 13.2 Å². The molecule has 0 amide bonds. The van der Waals surface area contributed by atoms with E-state index in [2.05, 4.69) is 10.3 Å². The van der Waals surface area contributed by atoms with Crippen molar-refractivity contribution in [1.82, 2.24) is 4.98 Å². The lowest BCUT2D eigenvalue weighted by Gasteiger charge is -2.16. The van der Waals surface area contributed by atoms with Crippen molar-refractivity contribution in [2.45, 2.75) is 32.7 Å². The van der Waals surface area contributed by atoms with Gasteiger partial charge >= 0.3 is 6.18 Å². The van der Waals surface area contributed by atoms with E-state index in [1.165, 1.54) is 0 Å². The minimum atomic E-state index is -4.38. The fourth-order valence-electron chi connectivity index (χ4n) is 1.16. The van der Waals surface area contributed by atoms with Crippen LogP contribution in [-0.2, 0) is 11.3 Å². The van der Waals surface area contributed by atoms with Crippen LogP contribution in [0.25, 0.3) is 0 Å². The minimum Gasteiger partial charge on any atom is -0.370 e. The highest BCUT2D eigenvalue weighted by atomic mass is 35.5. The van der Waals surface area contributed by atoms with Crippen molar-refractivity contribution >= 4 is 17.4 Å². The number of aromatic nitrogens is 1. The molecule has 7 heteroatoms. The van der Waals surface area contributed by atoms with Crippen molar-refractivity contribution in [3.05, 3.63) is 22.8 Å². The summed E-state index contributed by atoms with van der Waals surface area (Å²) in [7, 11) is 0. The Labute approximate surface area is 108 Å². The zero-order valence-electron chi connectivity index (χ0n) is 10.0. The zero-order chi connectivity index (χ0) is 13.8. The summed E-state index contributed by atoms with van der Waals surface area (Å²) in [5.41, 5.74) is 0.284. The Balaban J connectivity index is 2.69. The monoisotopic (exact) mass is 282 g/mol. The van der Waals surface area contributed by atoms with E-state index < -0.39 is 12.3 Å². The predicted molar refractivity (Wildman–Crippen MR) is 63.7 cm³/mol. The van der Waals surface area contributed by atoms with E-state index in [4.69, 9.17) is 16.3 Å². The number of halogens is 4. The van der Waals surface area contributed by atoms with Gasteiger partial charge in [0.2, 0.25) is 0 Å².